The number of phenols is 1. The van der Waals surface area contributed by atoms with Gasteiger partial charge in [-0.3, -0.25) is 19.2 Å². The molecule has 0 bridgehead atoms. The average molecular weight is 1540 g/mol. The molecule has 11 aromatic rings. The van der Waals surface area contributed by atoms with Crippen LogP contribution < -0.4 is 47.2 Å². The summed E-state index contributed by atoms with van der Waals surface area (Å²) in [6.45, 7) is 5.48. The van der Waals surface area contributed by atoms with Crippen LogP contribution in [0.4, 0.5) is 11.4 Å². The molecule has 548 valence electrons. The van der Waals surface area contributed by atoms with E-state index in [0.717, 1.165) is 142 Å². The van der Waals surface area contributed by atoms with Crippen LogP contribution in [0.1, 0.15) is 127 Å². The number of hydrogen-bond donors (Lipinski definition) is 9. The number of aliphatic hydroxyl groups is 3. The molecule has 0 unspecified atom stereocenters. The first kappa shape index (κ1) is 86.5. The summed E-state index contributed by atoms with van der Waals surface area (Å²) in [5, 5.41) is 62.7. The van der Waals surface area contributed by atoms with E-state index in [1.807, 2.05) is 192 Å². The fourth-order valence-electron chi connectivity index (χ4n) is 8.02. The van der Waals surface area contributed by atoms with Crippen molar-refractivity contribution in [3.63, 3.8) is 0 Å². The van der Waals surface area contributed by atoms with Crippen LogP contribution in [0.15, 0.2) is 210 Å². The van der Waals surface area contributed by atoms with E-state index in [4.69, 9.17) is 57.2 Å². The van der Waals surface area contributed by atoms with Gasteiger partial charge in [-0.15, -0.1) is 68.0 Å². The topological polar surface area (TPSA) is 302 Å². The van der Waals surface area contributed by atoms with Gasteiger partial charge in [0.25, 0.3) is 5.91 Å². The SMILES string of the molecule is NCCCCOc1cccs1.NCCCCOc1ccsc1.Nc1ccc(CCC(=O)c2cccs2)cc1.Nc1ccc(CNC(=O)c2cccs2)cc1.O=C(CCCO)c1ccsc1.O=C(CCc1cccc(O)c1)c1ccsc1.OCCCCOc1ccsc1.OCCCOc1cccs1. The molecule has 8 heterocycles. The number of ether oxygens (including phenoxy) is 4. The number of Topliss-reactive ketones (excluding diaryl/α,β-unsaturated/α-hetero) is 3. The molecular formula is C77H95N5O12S8. The quantitative estimate of drug-likeness (QED) is 0.0103. The molecule has 0 saturated heterocycles. The van der Waals surface area contributed by atoms with Crippen LogP contribution >= 0.6 is 90.7 Å². The van der Waals surface area contributed by atoms with Crippen molar-refractivity contribution in [2.45, 2.75) is 90.0 Å². The number of anilines is 2. The number of aliphatic hydroxyl groups excluding tert-OH is 3. The first-order valence-corrected chi connectivity index (χ1v) is 40.4. The second-order valence-electron chi connectivity index (χ2n) is 21.6. The molecule has 0 radical (unpaired) electrons. The molecule has 8 aromatic heterocycles. The lowest BCUT2D eigenvalue weighted by Gasteiger charge is -2.03. The summed E-state index contributed by atoms with van der Waals surface area (Å²) < 4.78 is 21.4. The fourth-order valence-corrected chi connectivity index (χ4v) is 13.0. The van der Waals surface area contributed by atoms with Gasteiger partial charge in [-0.05, 0) is 228 Å². The van der Waals surface area contributed by atoms with Gasteiger partial charge in [0.1, 0.15) is 17.2 Å². The zero-order valence-corrected chi connectivity index (χ0v) is 63.7. The Balaban J connectivity index is 0.000000249. The molecule has 3 aromatic carbocycles. The lowest BCUT2D eigenvalue weighted by molar-refractivity contribution is 0.0950. The largest absolute Gasteiger partial charge is 0.508 e. The van der Waals surface area contributed by atoms with Crippen molar-refractivity contribution in [1.29, 1.82) is 0 Å². The van der Waals surface area contributed by atoms with Gasteiger partial charge in [-0.2, -0.15) is 22.7 Å². The first-order chi connectivity index (χ1) is 49.8. The highest BCUT2D eigenvalue weighted by Crippen LogP contribution is 2.22. The van der Waals surface area contributed by atoms with Gasteiger partial charge in [-0.1, -0.05) is 48.5 Å². The molecule has 0 aliphatic carbocycles. The highest BCUT2D eigenvalue weighted by Gasteiger charge is 2.10. The second kappa shape index (κ2) is 56.7. The Labute approximate surface area is 631 Å². The lowest BCUT2D eigenvalue weighted by Crippen LogP contribution is -2.21. The Kier molecular flexibility index (Phi) is 48.1. The van der Waals surface area contributed by atoms with Crippen LogP contribution in [0.2, 0.25) is 0 Å². The van der Waals surface area contributed by atoms with E-state index in [1.54, 1.807) is 63.5 Å². The van der Waals surface area contributed by atoms with Crippen molar-refractivity contribution in [2.24, 2.45) is 11.5 Å². The van der Waals surface area contributed by atoms with Crippen LogP contribution in [0.25, 0.3) is 0 Å². The number of phenolic OH excluding ortho intramolecular Hbond substituents is 1. The number of carbonyl (C=O) groups excluding carboxylic acids is 4. The maximum atomic E-state index is 11.7. The standard InChI is InChI=1S/C13H13NOS.C13H12O2S.C12H12N2OS.2C8H13NOS.C8H10O2S.C8H12O2S.C7H10O2S/c14-11-6-3-10(4-7-11)5-8-12(15)13-2-1-9-16-13;14-12-3-1-2-10(8-12)4-5-13(15)11-6-7-16-9-11;13-10-5-3-9(4-6-10)8-14-12(15)11-2-1-7-16-11;9-5-1-2-6-10-8-4-3-7-11-8;9-4-1-2-5-10-8-3-6-11-7-8;9-4-1-2-8(10)7-3-5-11-6-7;9-4-1-2-5-10-8-3-6-11-7-8;8-4-2-5-9-7-3-1-6-10-7/h1-4,6-7,9H,5,8,14H2;1-3,6-9,14H,4-5H2;1-7H,8,13H2,(H,14,15);3-4,7H,1-2,5-6,9H2;3,6-7H,1-2,4-5,9H2;3,5-6,9H,1-2,4H2;3,6-7,9H,1-2,4-5H2;1,3,6,8H,2,4-5H2. The van der Waals surface area contributed by atoms with E-state index >= 15 is 0 Å². The lowest BCUT2D eigenvalue weighted by atomic mass is 10.0. The van der Waals surface area contributed by atoms with Crippen LogP contribution in [-0.2, 0) is 19.4 Å². The van der Waals surface area contributed by atoms with Crippen molar-refractivity contribution in [2.75, 3.05) is 70.8 Å². The molecule has 0 saturated carbocycles. The van der Waals surface area contributed by atoms with Gasteiger partial charge < -0.3 is 67.6 Å². The summed E-state index contributed by atoms with van der Waals surface area (Å²) in [7, 11) is 0. The third kappa shape index (κ3) is 41.3. The Morgan fingerprint density at radius 2 is 0.843 bits per heavy atom. The van der Waals surface area contributed by atoms with E-state index in [1.165, 1.54) is 45.3 Å². The molecule has 13 N–H and O–H groups in total. The van der Waals surface area contributed by atoms with Gasteiger partial charge in [-0.25, -0.2) is 0 Å². The normalized spacial score (nSPS) is 10.0. The summed E-state index contributed by atoms with van der Waals surface area (Å²) >= 11 is 12.5. The van der Waals surface area contributed by atoms with Crippen LogP contribution in [0.3, 0.4) is 0 Å². The highest BCUT2D eigenvalue weighted by atomic mass is 32.1. The number of hydrogen-bond acceptors (Lipinski definition) is 24. The van der Waals surface area contributed by atoms with E-state index in [9.17, 15) is 24.3 Å². The summed E-state index contributed by atoms with van der Waals surface area (Å²) in [6, 6.07) is 45.0. The third-order valence-electron chi connectivity index (χ3n) is 13.5. The first-order valence-electron chi connectivity index (χ1n) is 33.2. The number of nitrogens with two attached hydrogens (primary N) is 4. The minimum Gasteiger partial charge on any atom is -0.508 e. The molecule has 0 aliphatic heterocycles. The molecule has 1 amide bonds. The molecule has 0 atom stereocenters. The number of nitrogen functional groups attached to an aromatic ring is 2. The molecule has 0 spiro atoms. The molecule has 25 heteroatoms. The minimum absolute atomic E-state index is 0.0353. The van der Waals surface area contributed by atoms with Gasteiger partial charge in [0.05, 0.1) is 36.2 Å². The van der Waals surface area contributed by atoms with E-state index in [2.05, 4.69) is 5.32 Å². The van der Waals surface area contributed by atoms with Gasteiger partial charge in [0, 0.05) is 96.1 Å². The molecule has 17 nitrogen and oxygen atoms in total. The van der Waals surface area contributed by atoms with Crippen molar-refractivity contribution in [1.82, 2.24) is 5.32 Å². The molecule has 0 aliphatic rings. The smallest absolute Gasteiger partial charge is 0.261 e. The zero-order chi connectivity index (χ0) is 73.3. The zero-order valence-electron chi connectivity index (χ0n) is 57.2. The maximum absolute atomic E-state index is 11.7. The number of rotatable bonds is 34. The van der Waals surface area contributed by atoms with Gasteiger partial charge in [0.15, 0.2) is 27.5 Å². The number of amides is 1. The molecule has 11 rings (SSSR count). The Hall–Kier alpha value is -7.86. The monoisotopic (exact) mass is 1540 g/mol. The van der Waals surface area contributed by atoms with Gasteiger partial charge >= 0.3 is 0 Å². The van der Waals surface area contributed by atoms with Crippen molar-refractivity contribution in [3.05, 3.63) is 248 Å². The van der Waals surface area contributed by atoms with Gasteiger partial charge in [0.2, 0.25) is 0 Å². The highest BCUT2D eigenvalue weighted by molar-refractivity contribution is 7.13. The van der Waals surface area contributed by atoms with Crippen molar-refractivity contribution >= 4 is 125 Å². The fraction of sp³-hybridized carbons (Fsp3) is 0.299. The summed E-state index contributed by atoms with van der Waals surface area (Å²) in [5.41, 5.74) is 28.1. The Morgan fingerprint density at radius 3 is 1.30 bits per heavy atom. The number of thiophene rings is 8. The predicted molar refractivity (Wildman–Crippen MR) is 428 cm³/mol. The molecule has 0 fully saturated rings. The average Bonchev–Trinajstić information content (AvgIpc) is 1.60. The number of nitrogens with one attached hydrogen (secondary N) is 1. The summed E-state index contributed by atoms with van der Waals surface area (Å²) in [6.07, 6.45) is 10.2. The number of benzene rings is 3. The molecular weight excluding hydrogens is 1440 g/mol. The number of carbonyl (C=O) groups is 4. The number of ketones is 3. The predicted octanol–water partition coefficient (Wildman–Crippen LogP) is 17.5. The van der Waals surface area contributed by atoms with E-state index in [0.29, 0.717) is 58.3 Å². The molecule has 102 heavy (non-hydrogen) atoms. The third-order valence-corrected chi connectivity index (χ3v) is 19.5. The number of unbranched alkanes of at least 4 members (excludes halogenated alkanes) is 3. The maximum Gasteiger partial charge on any atom is 0.261 e. The van der Waals surface area contributed by atoms with E-state index in [-0.39, 0.29) is 48.8 Å². The van der Waals surface area contributed by atoms with Crippen LogP contribution in [-0.4, -0.2) is 103 Å². The Morgan fingerprint density at radius 1 is 0.392 bits per heavy atom. The van der Waals surface area contributed by atoms with Crippen molar-refractivity contribution < 1.29 is 58.6 Å². The Bertz CT molecular complexity index is 3530. The number of aryl methyl sites for hydroxylation is 2. The van der Waals surface area contributed by atoms with Crippen molar-refractivity contribution in [3.8, 4) is 27.4 Å². The van der Waals surface area contributed by atoms with E-state index < -0.39 is 0 Å². The van der Waals surface area contributed by atoms with Crippen LogP contribution in [0.5, 0.6) is 27.4 Å². The second-order valence-corrected chi connectivity index (χ2v) is 28.4. The summed E-state index contributed by atoms with van der Waals surface area (Å²) in [4.78, 5) is 47.8. The van der Waals surface area contributed by atoms with Crippen LogP contribution in [0, 0.1) is 0 Å². The number of aromatic hydroxyl groups is 1. The minimum atomic E-state index is -0.0353. The summed E-state index contributed by atoms with van der Waals surface area (Å²) in [5.74, 6) is 2.63.